The molecule has 0 bridgehead atoms. The number of halogens is 3. The van der Waals surface area contributed by atoms with Crippen molar-refractivity contribution in [3.05, 3.63) is 105 Å². The van der Waals surface area contributed by atoms with E-state index in [9.17, 15) is 23.1 Å². The Morgan fingerprint density at radius 1 is 0.848 bits per heavy atom. The molecule has 0 fully saturated rings. The summed E-state index contributed by atoms with van der Waals surface area (Å²) >= 11 is 0. The second-order valence-electron chi connectivity index (χ2n) is 8.36. The van der Waals surface area contributed by atoms with Gasteiger partial charge in [0.05, 0.1) is 5.56 Å². The van der Waals surface area contributed by atoms with Gasteiger partial charge >= 0.3 is 12.1 Å². The molecular formula is C27H27F3O3. The molecular weight excluding hydrogens is 429 g/mol. The lowest BCUT2D eigenvalue weighted by atomic mass is 9.88. The Balaban J connectivity index is 2.06. The topological polar surface area (TPSA) is 46.5 Å². The Kier molecular flexibility index (Phi) is 7.28. The van der Waals surface area contributed by atoms with E-state index in [1.54, 1.807) is 0 Å². The molecule has 3 nitrogen and oxygen atoms in total. The van der Waals surface area contributed by atoms with Gasteiger partial charge in [0.25, 0.3) is 0 Å². The average Bonchev–Trinajstić information content (AvgIpc) is 2.72. The maximum absolute atomic E-state index is 13.1. The molecule has 1 atom stereocenters. The molecule has 0 saturated carbocycles. The highest BCUT2D eigenvalue weighted by molar-refractivity contribution is 5.73. The highest BCUT2D eigenvalue weighted by Gasteiger charge is 2.32. The number of aryl methyl sites for hydroxylation is 4. The number of aliphatic carboxylic acids is 1. The molecule has 0 saturated heterocycles. The van der Waals surface area contributed by atoms with E-state index < -0.39 is 29.9 Å². The van der Waals surface area contributed by atoms with Gasteiger partial charge in [-0.15, -0.1) is 0 Å². The number of carbonyl (C=O) groups is 1. The summed E-state index contributed by atoms with van der Waals surface area (Å²) in [6, 6.07) is 16.3. The first-order valence-electron chi connectivity index (χ1n) is 10.7. The normalized spacial score (nSPS) is 12.7. The zero-order valence-electron chi connectivity index (χ0n) is 19.0. The van der Waals surface area contributed by atoms with Crippen LogP contribution < -0.4 is 0 Å². The summed E-state index contributed by atoms with van der Waals surface area (Å²) in [4.78, 5) is 12.2. The van der Waals surface area contributed by atoms with E-state index in [-0.39, 0.29) is 12.0 Å². The van der Waals surface area contributed by atoms with Gasteiger partial charge < -0.3 is 9.84 Å². The molecule has 0 radical (unpaired) electrons. The van der Waals surface area contributed by atoms with Crippen LogP contribution in [-0.2, 0) is 22.1 Å². The van der Waals surface area contributed by atoms with Crippen molar-refractivity contribution in [1.82, 2.24) is 0 Å². The van der Waals surface area contributed by atoms with Crippen molar-refractivity contribution in [2.45, 2.75) is 52.5 Å². The fraction of sp³-hybridized carbons (Fsp3) is 0.296. The molecule has 0 heterocycles. The molecule has 1 unspecified atom stereocenters. The molecule has 0 aromatic heterocycles. The summed E-state index contributed by atoms with van der Waals surface area (Å²) in [5.41, 5.74) is 4.97. The lowest BCUT2D eigenvalue weighted by Gasteiger charge is -2.28. The molecule has 1 N–H and O–H groups in total. The van der Waals surface area contributed by atoms with Gasteiger partial charge in [0, 0.05) is 6.42 Å². The summed E-state index contributed by atoms with van der Waals surface area (Å²) in [5.74, 6) is -1.23. The van der Waals surface area contributed by atoms with Crippen LogP contribution in [0.3, 0.4) is 0 Å². The van der Waals surface area contributed by atoms with Gasteiger partial charge in [-0.05, 0) is 72.7 Å². The van der Waals surface area contributed by atoms with Crippen molar-refractivity contribution >= 4 is 5.97 Å². The number of ether oxygens (including phenoxy) is 1. The van der Waals surface area contributed by atoms with E-state index in [0.29, 0.717) is 0 Å². The Morgan fingerprint density at radius 3 is 1.73 bits per heavy atom. The van der Waals surface area contributed by atoms with Gasteiger partial charge in [0.15, 0.2) is 6.10 Å². The van der Waals surface area contributed by atoms with Gasteiger partial charge in [-0.3, -0.25) is 0 Å². The number of hydrogen-bond acceptors (Lipinski definition) is 2. The highest BCUT2D eigenvalue weighted by atomic mass is 19.4. The Hall–Kier alpha value is -3.12. The van der Waals surface area contributed by atoms with E-state index >= 15 is 0 Å². The predicted molar refractivity (Wildman–Crippen MR) is 121 cm³/mol. The fourth-order valence-corrected chi connectivity index (χ4v) is 4.21. The molecule has 0 spiro atoms. The molecule has 0 amide bonds. The van der Waals surface area contributed by atoms with Crippen LogP contribution in [0.4, 0.5) is 13.2 Å². The SMILES string of the molecule is Cc1cccc(C)c1C(OC(Cc1cccc(C(F)(F)F)c1)C(=O)O)c1c(C)cccc1C. The van der Waals surface area contributed by atoms with Gasteiger partial charge in [-0.25, -0.2) is 4.79 Å². The molecule has 0 aliphatic rings. The zero-order chi connectivity index (χ0) is 24.3. The Labute approximate surface area is 191 Å². The second kappa shape index (κ2) is 9.79. The van der Waals surface area contributed by atoms with Crippen LogP contribution >= 0.6 is 0 Å². The van der Waals surface area contributed by atoms with Crippen LogP contribution in [0.25, 0.3) is 0 Å². The third kappa shape index (κ3) is 5.63. The van der Waals surface area contributed by atoms with Crippen LogP contribution in [0.5, 0.6) is 0 Å². The van der Waals surface area contributed by atoms with E-state index in [2.05, 4.69) is 0 Å². The first-order valence-corrected chi connectivity index (χ1v) is 10.7. The second-order valence-corrected chi connectivity index (χ2v) is 8.36. The summed E-state index contributed by atoms with van der Waals surface area (Å²) < 4.78 is 45.7. The van der Waals surface area contributed by atoms with Crippen molar-refractivity contribution in [2.24, 2.45) is 0 Å². The van der Waals surface area contributed by atoms with Crippen LogP contribution in [0.15, 0.2) is 60.7 Å². The minimum absolute atomic E-state index is 0.189. The number of carboxylic acids is 1. The first-order chi connectivity index (χ1) is 15.5. The molecule has 3 aromatic carbocycles. The average molecular weight is 457 g/mol. The number of rotatable bonds is 7. The smallest absolute Gasteiger partial charge is 0.416 e. The minimum atomic E-state index is -4.51. The number of alkyl halides is 3. The van der Waals surface area contributed by atoms with Crippen LogP contribution in [0.2, 0.25) is 0 Å². The molecule has 0 aliphatic heterocycles. The third-order valence-corrected chi connectivity index (χ3v) is 5.86. The van der Waals surface area contributed by atoms with E-state index in [4.69, 9.17) is 4.74 Å². The third-order valence-electron chi connectivity index (χ3n) is 5.86. The quantitative estimate of drug-likeness (QED) is 0.428. The molecule has 3 aromatic rings. The molecule has 174 valence electrons. The van der Waals surface area contributed by atoms with Gasteiger partial charge in [0.1, 0.15) is 6.10 Å². The monoisotopic (exact) mass is 456 g/mol. The van der Waals surface area contributed by atoms with Crippen LogP contribution in [-0.4, -0.2) is 17.2 Å². The van der Waals surface area contributed by atoms with Crippen molar-refractivity contribution in [3.8, 4) is 0 Å². The van der Waals surface area contributed by atoms with Crippen molar-refractivity contribution in [1.29, 1.82) is 0 Å². The van der Waals surface area contributed by atoms with Crippen molar-refractivity contribution in [2.75, 3.05) is 0 Å². The van der Waals surface area contributed by atoms with Gasteiger partial charge in [-0.1, -0.05) is 54.6 Å². The van der Waals surface area contributed by atoms with Gasteiger partial charge in [-0.2, -0.15) is 13.2 Å². The fourth-order valence-electron chi connectivity index (χ4n) is 4.21. The summed E-state index contributed by atoms with van der Waals surface area (Å²) in [6.07, 6.45) is -6.71. The highest BCUT2D eigenvalue weighted by Crippen LogP contribution is 2.36. The minimum Gasteiger partial charge on any atom is -0.479 e. The maximum Gasteiger partial charge on any atom is 0.416 e. The summed E-state index contributed by atoms with van der Waals surface area (Å²) in [5, 5.41) is 9.94. The van der Waals surface area contributed by atoms with Crippen LogP contribution in [0.1, 0.15) is 50.6 Å². The summed E-state index contributed by atoms with van der Waals surface area (Å²) in [6.45, 7) is 7.76. The van der Waals surface area contributed by atoms with Crippen molar-refractivity contribution < 1.29 is 27.8 Å². The molecule has 33 heavy (non-hydrogen) atoms. The largest absolute Gasteiger partial charge is 0.479 e. The molecule has 3 rings (SSSR count). The first kappa shape index (κ1) is 24.5. The van der Waals surface area contributed by atoms with E-state index in [1.165, 1.54) is 12.1 Å². The van der Waals surface area contributed by atoms with Crippen LogP contribution in [0, 0.1) is 27.7 Å². The lowest BCUT2D eigenvalue weighted by molar-refractivity contribution is -0.153. The zero-order valence-corrected chi connectivity index (χ0v) is 19.0. The Morgan fingerprint density at radius 2 is 1.30 bits per heavy atom. The molecule has 0 aliphatic carbocycles. The number of carboxylic acid groups (broad SMARTS) is 1. The number of benzene rings is 3. The van der Waals surface area contributed by atoms with Crippen molar-refractivity contribution in [3.63, 3.8) is 0 Å². The molecule has 6 heteroatoms. The standard InChI is InChI=1S/C27H27F3O3/c1-16-8-5-9-17(2)23(16)25(24-18(3)10-6-11-19(24)4)33-22(26(31)32)15-20-12-7-13-21(14-20)27(28,29)30/h5-14,22,25H,15H2,1-4H3,(H,31,32). The Bertz CT molecular complexity index is 1060. The predicted octanol–water partition coefficient (Wildman–Crippen LogP) is 6.74. The lowest BCUT2D eigenvalue weighted by Crippen LogP contribution is -2.30. The van der Waals surface area contributed by atoms with Gasteiger partial charge in [0.2, 0.25) is 0 Å². The number of hydrogen-bond donors (Lipinski definition) is 1. The van der Waals surface area contributed by atoms with E-state index in [1.807, 2.05) is 64.1 Å². The van der Waals surface area contributed by atoms with E-state index in [0.717, 1.165) is 45.5 Å². The summed E-state index contributed by atoms with van der Waals surface area (Å²) in [7, 11) is 0. The maximum atomic E-state index is 13.1.